The molecule has 1 aromatic carbocycles. The van der Waals surface area contributed by atoms with Gasteiger partial charge in [-0.3, -0.25) is 0 Å². The normalized spacial score (nSPS) is 10.4. The number of benzene rings is 1. The first-order valence-electron chi connectivity index (χ1n) is 4.54. The van der Waals surface area contributed by atoms with Crippen LogP contribution in [-0.4, -0.2) is 16.5 Å². The van der Waals surface area contributed by atoms with Gasteiger partial charge in [-0.25, -0.2) is 8.78 Å². The van der Waals surface area contributed by atoms with Gasteiger partial charge in [0.25, 0.3) is 0 Å². The zero-order chi connectivity index (χ0) is 11.5. The monoisotopic (exact) mass is 238 g/mol. The fourth-order valence-corrected chi connectivity index (χ4v) is 1.59. The van der Waals surface area contributed by atoms with E-state index in [9.17, 15) is 8.78 Å². The second kappa shape index (κ2) is 4.57. The van der Waals surface area contributed by atoms with Crippen LogP contribution in [0.15, 0.2) is 35.4 Å². The van der Waals surface area contributed by atoms with Gasteiger partial charge in [0.1, 0.15) is 16.7 Å². The molecule has 0 amide bonds. The highest BCUT2D eigenvalue weighted by molar-refractivity contribution is 7.98. The van der Waals surface area contributed by atoms with Gasteiger partial charge >= 0.3 is 0 Å². The molecule has 82 valence electrons. The molecular formula is C11H8F2N2S. The molecule has 1 aromatic heterocycles. The highest BCUT2D eigenvalue weighted by Crippen LogP contribution is 2.22. The van der Waals surface area contributed by atoms with Crippen LogP contribution in [0.4, 0.5) is 8.78 Å². The molecule has 16 heavy (non-hydrogen) atoms. The largest absolute Gasteiger partial charge is 0.207 e. The summed E-state index contributed by atoms with van der Waals surface area (Å²) in [7, 11) is 0. The van der Waals surface area contributed by atoms with Gasteiger partial charge in [0.2, 0.25) is 0 Å². The molecule has 0 fully saturated rings. The van der Waals surface area contributed by atoms with E-state index in [1.165, 1.54) is 11.8 Å². The van der Waals surface area contributed by atoms with E-state index >= 15 is 0 Å². The predicted octanol–water partition coefficient (Wildman–Crippen LogP) is 3.14. The molecule has 0 saturated heterocycles. The Bertz CT molecular complexity index is 500. The third-order valence-corrected chi connectivity index (χ3v) is 2.69. The summed E-state index contributed by atoms with van der Waals surface area (Å²) < 4.78 is 26.4. The van der Waals surface area contributed by atoms with E-state index in [0.29, 0.717) is 5.69 Å². The van der Waals surface area contributed by atoms with E-state index in [0.717, 1.165) is 23.2 Å². The van der Waals surface area contributed by atoms with Gasteiger partial charge in [-0.15, -0.1) is 22.0 Å². The first kappa shape index (κ1) is 11.0. The minimum absolute atomic E-state index is 0.125. The standard InChI is InChI=1S/C11H8F2N2S/c1-16-11-5-4-10(14-15-11)8-6-7(12)2-3-9(8)13/h2-6H,1H3. The molecule has 2 aromatic rings. The molecule has 0 aliphatic heterocycles. The molecule has 5 heteroatoms. The third kappa shape index (κ3) is 2.19. The van der Waals surface area contributed by atoms with Gasteiger partial charge in [-0.1, -0.05) is 0 Å². The number of aromatic nitrogens is 2. The molecule has 1 heterocycles. The second-order valence-electron chi connectivity index (χ2n) is 3.09. The first-order valence-corrected chi connectivity index (χ1v) is 5.76. The van der Waals surface area contributed by atoms with Crippen LogP contribution in [0, 0.1) is 11.6 Å². The quantitative estimate of drug-likeness (QED) is 0.752. The predicted molar refractivity (Wildman–Crippen MR) is 59.2 cm³/mol. The van der Waals surface area contributed by atoms with Gasteiger partial charge in [-0.05, 0) is 36.6 Å². The molecular weight excluding hydrogens is 230 g/mol. The lowest BCUT2D eigenvalue weighted by Crippen LogP contribution is -1.92. The number of nitrogens with zero attached hydrogens (tertiary/aromatic N) is 2. The van der Waals surface area contributed by atoms with Crippen molar-refractivity contribution in [1.82, 2.24) is 10.2 Å². The summed E-state index contributed by atoms with van der Waals surface area (Å²) in [6.07, 6.45) is 1.87. The van der Waals surface area contributed by atoms with Crippen LogP contribution in [0.1, 0.15) is 0 Å². The fraction of sp³-hybridized carbons (Fsp3) is 0.0909. The maximum absolute atomic E-state index is 13.4. The molecule has 0 radical (unpaired) electrons. The van der Waals surface area contributed by atoms with Crippen molar-refractivity contribution in [3.8, 4) is 11.3 Å². The highest BCUT2D eigenvalue weighted by Gasteiger charge is 2.08. The molecule has 2 nitrogen and oxygen atoms in total. The Morgan fingerprint density at radius 2 is 1.88 bits per heavy atom. The number of halogens is 2. The van der Waals surface area contributed by atoms with Crippen molar-refractivity contribution < 1.29 is 8.78 Å². The Morgan fingerprint density at radius 1 is 1.06 bits per heavy atom. The smallest absolute Gasteiger partial charge is 0.132 e. The zero-order valence-electron chi connectivity index (χ0n) is 8.45. The van der Waals surface area contributed by atoms with E-state index in [2.05, 4.69) is 10.2 Å². The Balaban J connectivity index is 2.45. The van der Waals surface area contributed by atoms with E-state index in [1.54, 1.807) is 12.1 Å². The van der Waals surface area contributed by atoms with Crippen LogP contribution in [0.25, 0.3) is 11.3 Å². The molecule has 0 saturated carbocycles. The number of hydrogen-bond acceptors (Lipinski definition) is 3. The molecule has 0 N–H and O–H groups in total. The topological polar surface area (TPSA) is 25.8 Å². The van der Waals surface area contributed by atoms with Crippen LogP contribution in [0.5, 0.6) is 0 Å². The van der Waals surface area contributed by atoms with E-state index in [1.807, 2.05) is 6.26 Å². The van der Waals surface area contributed by atoms with Crippen molar-refractivity contribution in [2.45, 2.75) is 5.03 Å². The van der Waals surface area contributed by atoms with Crippen molar-refractivity contribution in [3.63, 3.8) is 0 Å². The van der Waals surface area contributed by atoms with Crippen molar-refractivity contribution in [3.05, 3.63) is 42.0 Å². The van der Waals surface area contributed by atoms with Crippen molar-refractivity contribution in [1.29, 1.82) is 0 Å². The summed E-state index contributed by atoms with van der Waals surface area (Å²) >= 11 is 1.44. The molecule has 0 unspecified atom stereocenters. The maximum Gasteiger partial charge on any atom is 0.132 e. The van der Waals surface area contributed by atoms with Gasteiger partial charge < -0.3 is 0 Å². The van der Waals surface area contributed by atoms with Gasteiger partial charge in [0.05, 0.1) is 5.69 Å². The van der Waals surface area contributed by atoms with Gasteiger partial charge in [0.15, 0.2) is 0 Å². The lowest BCUT2D eigenvalue weighted by molar-refractivity contribution is 0.602. The van der Waals surface area contributed by atoms with Crippen molar-refractivity contribution in [2.75, 3.05) is 6.26 Å². The Hall–Kier alpha value is -1.49. The first-order chi connectivity index (χ1) is 7.70. The van der Waals surface area contributed by atoms with E-state index in [4.69, 9.17) is 0 Å². The van der Waals surface area contributed by atoms with Crippen LogP contribution in [0.3, 0.4) is 0 Å². The van der Waals surface area contributed by atoms with E-state index < -0.39 is 11.6 Å². The van der Waals surface area contributed by atoms with Crippen LogP contribution in [0.2, 0.25) is 0 Å². The van der Waals surface area contributed by atoms with Crippen molar-refractivity contribution in [2.24, 2.45) is 0 Å². The molecule has 0 aliphatic carbocycles. The SMILES string of the molecule is CSc1ccc(-c2cc(F)ccc2F)nn1. The Kier molecular flexibility index (Phi) is 3.14. The van der Waals surface area contributed by atoms with Crippen LogP contribution >= 0.6 is 11.8 Å². The van der Waals surface area contributed by atoms with Gasteiger partial charge in [0, 0.05) is 5.56 Å². The third-order valence-electron chi connectivity index (χ3n) is 2.05. The summed E-state index contributed by atoms with van der Waals surface area (Å²) in [6.45, 7) is 0. The van der Waals surface area contributed by atoms with Crippen LogP contribution < -0.4 is 0 Å². The average molecular weight is 238 g/mol. The summed E-state index contributed by atoms with van der Waals surface area (Å²) in [5, 5.41) is 8.45. The molecule has 0 atom stereocenters. The molecule has 0 bridgehead atoms. The Labute approximate surface area is 95.7 Å². The lowest BCUT2D eigenvalue weighted by atomic mass is 10.1. The number of thioether (sulfide) groups is 1. The molecule has 0 aliphatic rings. The minimum Gasteiger partial charge on any atom is -0.207 e. The number of rotatable bonds is 2. The second-order valence-corrected chi connectivity index (χ2v) is 3.91. The summed E-state index contributed by atoms with van der Waals surface area (Å²) in [4.78, 5) is 0. The molecule has 0 spiro atoms. The van der Waals surface area contributed by atoms with Crippen molar-refractivity contribution >= 4 is 11.8 Å². The summed E-state index contributed by atoms with van der Waals surface area (Å²) in [5.41, 5.74) is 0.454. The van der Waals surface area contributed by atoms with Crippen LogP contribution in [-0.2, 0) is 0 Å². The van der Waals surface area contributed by atoms with Gasteiger partial charge in [-0.2, -0.15) is 0 Å². The molecule has 2 rings (SSSR count). The highest BCUT2D eigenvalue weighted by atomic mass is 32.2. The maximum atomic E-state index is 13.4. The summed E-state index contributed by atoms with van der Waals surface area (Å²) in [5.74, 6) is -1.00. The zero-order valence-corrected chi connectivity index (χ0v) is 9.26. The average Bonchev–Trinajstić information content (AvgIpc) is 2.32. The minimum atomic E-state index is -0.507. The fourth-order valence-electron chi connectivity index (χ4n) is 1.27. The summed E-state index contributed by atoms with van der Waals surface area (Å²) in [6, 6.07) is 6.60. The number of hydrogen-bond donors (Lipinski definition) is 0. The van der Waals surface area contributed by atoms with E-state index in [-0.39, 0.29) is 5.56 Å². The Morgan fingerprint density at radius 3 is 2.50 bits per heavy atom. The lowest BCUT2D eigenvalue weighted by Gasteiger charge is -2.02.